The number of nitrogens with zero attached hydrogens (tertiary/aromatic N) is 2. The molecule has 1 N–H and O–H groups in total. The van der Waals surface area contributed by atoms with Crippen LogP contribution in [0.1, 0.15) is 47.9 Å². The first-order valence-corrected chi connectivity index (χ1v) is 13.1. The molecule has 3 rings (SSSR count). The zero-order valence-electron chi connectivity index (χ0n) is 21.3. The molecule has 0 saturated heterocycles. The topological polar surface area (TPSA) is 62.2 Å². The molecule has 0 spiro atoms. The molecule has 1 aromatic carbocycles. The van der Waals surface area contributed by atoms with Crippen LogP contribution in [0.15, 0.2) is 29.6 Å². The number of methoxy groups -OCH3 is 1. The van der Waals surface area contributed by atoms with Crippen molar-refractivity contribution in [2.75, 3.05) is 46.5 Å². The van der Waals surface area contributed by atoms with Crippen molar-refractivity contribution in [2.45, 2.75) is 52.7 Å². The monoisotopic (exact) mass is 488 g/mol. The number of thiophene rings is 1. The average Bonchev–Trinajstić information content (AvgIpc) is 3.26. The van der Waals surface area contributed by atoms with Crippen molar-refractivity contribution in [3.05, 3.63) is 51.2 Å². The molecule has 2 heterocycles. The summed E-state index contributed by atoms with van der Waals surface area (Å²) in [6.07, 6.45) is 1.23. The Morgan fingerprint density at radius 2 is 2.09 bits per heavy atom. The molecule has 0 aliphatic carbocycles. The smallest absolute Gasteiger partial charge is 0.237 e. The number of amides is 1. The summed E-state index contributed by atoms with van der Waals surface area (Å²) < 4.78 is 11.4. The van der Waals surface area contributed by atoms with Gasteiger partial charge in [0.1, 0.15) is 12.4 Å². The molecule has 1 aromatic heterocycles. The Labute approximate surface area is 208 Å². The van der Waals surface area contributed by atoms with Gasteiger partial charge < -0.3 is 19.5 Å². The fourth-order valence-electron chi connectivity index (χ4n) is 4.51. The third-order valence-corrected chi connectivity index (χ3v) is 7.35. The van der Waals surface area contributed by atoms with E-state index < -0.39 is 6.10 Å². The summed E-state index contributed by atoms with van der Waals surface area (Å²) in [5, 5.41) is 12.4. The van der Waals surface area contributed by atoms with E-state index >= 15 is 0 Å². The van der Waals surface area contributed by atoms with Crippen LogP contribution >= 0.6 is 11.3 Å². The predicted octanol–water partition coefficient (Wildman–Crippen LogP) is 4.23. The molecule has 1 aliphatic heterocycles. The first-order valence-electron chi connectivity index (χ1n) is 12.2. The molecule has 6 nitrogen and oxygen atoms in total. The van der Waals surface area contributed by atoms with E-state index in [9.17, 15) is 9.90 Å². The lowest BCUT2D eigenvalue weighted by Crippen LogP contribution is -2.48. The highest BCUT2D eigenvalue weighted by Gasteiger charge is 2.33. The third-order valence-electron chi connectivity index (χ3n) is 6.35. The summed E-state index contributed by atoms with van der Waals surface area (Å²) in [5.74, 6) is 1.47. The van der Waals surface area contributed by atoms with Crippen molar-refractivity contribution in [3.8, 4) is 5.75 Å². The molecule has 188 valence electrons. The number of aliphatic hydroxyl groups is 1. The van der Waals surface area contributed by atoms with Gasteiger partial charge in [-0.2, -0.15) is 0 Å². The quantitative estimate of drug-likeness (QED) is 0.485. The van der Waals surface area contributed by atoms with Crippen molar-refractivity contribution in [1.82, 2.24) is 9.80 Å². The fourth-order valence-corrected chi connectivity index (χ4v) is 5.43. The summed E-state index contributed by atoms with van der Waals surface area (Å²) >= 11 is 1.76. The average molecular weight is 489 g/mol. The minimum Gasteiger partial charge on any atom is -0.491 e. The van der Waals surface area contributed by atoms with Gasteiger partial charge in [-0.25, -0.2) is 0 Å². The number of aryl methyl sites for hydroxylation is 2. The van der Waals surface area contributed by atoms with Crippen molar-refractivity contribution in [2.24, 2.45) is 5.92 Å². The zero-order chi connectivity index (χ0) is 24.7. The van der Waals surface area contributed by atoms with E-state index in [1.54, 1.807) is 18.4 Å². The molecule has 34 heavy (non-hydrogen) atoms. The van der Waals surface area contributed by atoms with Crippen LogP contribution in [0.25, 0.3) is 0 Å². The Bertz CT molecular complexity index is 929. The fraction of sp³-hybridized carbons (Fsp3) is 0.593. The van der Waals surface area contributed by atoms with Crippen LogP contribution in [-0.2, 0) is 16.0 Å². The number of hydrogen-bond acceptors (Lipinski definition) is 6. The van der Waals surface area contributed by atoms with Crippen LogP contribution in [0.3, 0.4) is 0 Å². The number of carbonyl (C=O) groups excluding carboxylic acids is 1. The van der Waals surface area contributed by atoms with Gasteiger partial charge in [0, 0.05) is 25.1 Å². The summed E-state index contributed by atoms with van der Waals surface area (Å²) in [5.41, 5.74) is 3.50. The standard InChI is InChI=1S/C27H40N2O4S/c1-19(2)8-11-28(15-22(30)17-32-5)16-27(31)29-12-9-26-23(10-13-34-26)24(29)18-33-25-7-6-20(3)14-21(25)4/h6-7,10,13-14,19,22,24,30H,8-9,11-12,15-18H2,1-5H3. The van der Waals surface area contributed by atoms with Crippen molar-refractivity contribution >= 4 is 17.2 Å². The molecule has 1 aliphatic rings. The van der Waals surface area contributed by atoms with Crippen LogP contribution < -0.4 is 4.74 Å². The number of fused-ring (bicyclic) bond motifs is 1. The van der Waals surface area contributed by atoms with E-state index in [4.69, 9.17) is 9.47 Å². The van der Waals surface area contributed by atoms with Crippen LogP contribution in [0.4, 0.5) is 0 Å². The number of ether oxygens (including phenoxy) is 2. The van der Waals surface area contributed by atoms with E-state index in [1.165, 1.54) is 16.0 Å². The van der Waals surface area contributed by atoms with Crippen LogP contribution in [0.5, 0.6) is 5.75 Å². The zero-order valence-corrected chi connectivity index (χ0v) is 22.1. The van der Waals surface area contributed by atoms with E-state index in [-0.39, 0.29) is 25.1 Å². The highest BCUT2D eigenvalue weighted by atomic mass is 32.1. The SMILES string of the molecule is COCC(O)CN(CCC(C)C)CC(=O)N1CCc2sccc2C1COc1ccc(C)cc1C. The molecule has 2 aromatic rings. The van der Waals surface area contributed by atoms with Gasteiger partial charge in [0.15, 0.2) is 0 Å². The van der Waals surface area contributed by atoms with Gasteiger partial charge in [-0.05, 0) is 67.8 Å². The molecular formula is C27H40N2O4S. The Morgan fingerprint density at radius 3 is 2.79 bits per heavy atom. The highest BCUT2D eigenvalue weighted by molar-refractivity contribution is 7.10. The van der Waals surface area contributed by atoms with Gasteiger partial charge in [0.05, 0.1) is 25.3 Å². The maximum absolute atomic E-state index is 13.6. The number of hydrogen-bond donors (Lipinski definition) is 1. The molecule has 7 heteroatoms. The molecule has 0 fully saturated rings. The number of carbonyl (C=O) groups is 1. The lowest BCUT2D eigenvalue weighted by atomic mass is 10.00. The van der Waals surface area contributed by atoms with Crippen molar-refractivity contribution < 1.29 is 19.4 Å². The molecule has 0 saturated carbocycles. The number of benzene rings is 1. The first kappa shape index (κ1) is 26.7. The van der Waals surface area contributed by atoms with Crippen LogP contribution in [0, 0.1) is 19.8 Å². The largest absolute Gasteiger partial charge is 0.491 e. The van der Waals surface area contributed by atoms with E-state index in [0.717, 1.165) is 30.7 Å². The van der Waals surface area contributed by atoms with Gasteiger partial charge in [-0.15, -0.1) is 11.3 Å². The maximum atomic E-state index is 13.6. The molecule has 1 amide bonds. The van der Waals surface area contributed by atoms with E-state index in [0.29, 0.717) is 25.6 Å². The van der Waals surface area contributed by atoms with Gasteiger partial charge in [-0.3, -0.25) is 9.69 Å². The first-order chi connectivity index (χ1) is 16.3. The predicted molar refractivity (Wildman–Crippen MR) is 138 cm³/mol. The summed E-state index contributed by atoms with van der Waals surface area (Å²) in [4.78, 5) is 19.0. The molecular weight excluding hydrogens is 448 g/mol. The maximum Gasteiger partial charge on any atom is 0.237 e. The highest BCUT2D eigenvalue weighted by Crippen LogP contribution is 2.34. The summed E-state index contributed by atoms with van der Waals surface area (Å²) in [6.45, 7) is 11.3. The lowest BCUT2D eigenvalue weighted by Gasteiger charge is -2.37. The molecule has 2 atom stereocenters. The third kappa shape index (κ3) is 7.28. The lowest BCUT2D eigenvalue weighted by molar-refractivity contribution is -0.136. The minimum atomic E-state index is -0.613. The number of rotatable bonds is 12. The molecule has 2 unspecified atom stereocenters. The Morgan fingerprint density at radius 1 is 1.29 bits per heavy atom. The van der Waals surface area contributed by atoms with Gasteiger partial charge in [0.2, 0.25) is 5.91 Å². The Kier molecular flexibility index (Phi) is 9.95. The summed E-state index contributed by atoms with van der Waals surface area (Å²) in [7, 11) is 1.58. The second-order valence-electron chi connectivity index (χ2n) is 9.76. The molecule has 0 bridgehead atoms. The number of aliphatic hydroxyl groups excluding tert-OH is 1. The van der Waals surface area contributed by atoms with Crippen LogP contribution in [0.2, 0.25) is 0 Å². The van der Waals surface area contributed by atoms with E-state index in [1.807, 2.05) is 11.0 Å². The van der Waals surface area contributed by atoms with Crippen LogP contribution in [-0.4, -0.2) is 73.4 Å². The Balaban J connectivity index is 1.73. The normalized spacial score (nSPS) is 16.7. The summed E-state index contributed by atoms with van der Waals surface area (Å²) in [6, 6.07) is 8.21. The van der Waals surface area contributed by atoms with Gasteiger partial charge >= 0.3 is 0 Å². The second kappa shape index (κ2) is 12.7. The van der Waals surface area contributed by atoms with Gasteiger partial charge in [-0.1, -0.05) is 31.5 Å². The minimum absolute atomic E-state index is 0.0828. The van der Waals surface area contributed by atoms with Crippen molar-refractivity contribution in [1.29, 1.82) is 0 Å². The van der Waals surface area contributed by atoms with Crippen molar-refractivity contribution in [3.63, 3.8) is 0 Å². The van der Waals surface area contributed by atoms with Gasteiger partial charge in [0.25, 0.3) is 0 Å². The Hall–Kier alpha value is -1.93. The molecule has 0 radical (unpaired) electrons. The second-order valence-corrected chi connectivity index (χ2v) is 10.8. The van der Waals surface area contributed by atoms with E-state index in [2.05, 4.69) is 56.2 Å².